The quantitative estimate of drug-likeness (QED) is 0.539. The molecule has 2 aromatic rings. The number of morpholine rings is 1. The fourth-order valence-electron chi connectivity index (χ4n) is 3.23. The van der Waals surface area contributed by atoms with E-state index < -0.39 is 22.6 Å². The van der Waals surface area contributed by atoms with Gasteiger partial charge in [-0.3, -0.25) is 4.79 Å². The van der Waals surface area contributed by atoms with Crippen LogP contribution in [0.5, 0.6) is 0 Å². The molecule has 0 unspecified atom stereocenters. The van der Waals surface area contributed by atoms with E-state index in [1.165, 1.54) is 22.5 Å². The van der Waals surface area contributed by atoms with Crippen molar-refractivity contribution >= 4 is 33.5 Å². The SMILES string of the molecule is CCN(Cc1ccccc1)C(=O)COC(=O)c1cc(S(=O)(=O)N2CCOCC2)ccc1Cl. The number of amides is 1. The number of ether oxygens (including phenoxy) is 2. The molecule has 0 atom stereocenters. The lowest BCUT2D eigenvalue weighted by Gasteiger charge is -2.26. The molecule has 10 heteroatoms. The van der Waals surface area contributed by atoms with Crippen LogP contribution in [0.1, 0.15) is 22.8 Å². The van der Waals surface area contributed by atoms with E-state index in [1.54, 1.807) is 4.90 Å². The van der Waals surface area contributed by atoms with Gasteiger partial charge in [0, 0.05) is 26.2 Å². The highest BCUT2D eigenvalue weighted by Crippen LogP contribution is 2.24. The van der Waals surface area contributed by atoms with E-state index in [4.69, 9.17) is 21.1 Å². The number of hydrogen-bond acceptors (Lipinski definition) is 6. The second kappa shape index (κ2) is 10.9. The van der Waals surface area contributed by atoms with Crippen molar-refractivity contribution in [2.75, 3.05) is 39.5 Å². The Morgan fingerprint density at radius 2 is 1.81 bits per heavy atom. The van der Waals surface area contributed by atoms with Gasteiger partial charge in [-0.25, -0.2) is 13.2 Å². The van der Waals surface area contributed by atoms with Crippen molar-refractivity contribution in [2.24, 2.45) is 0 Å². The number of carbonyl (C=O) groups is 2. The third-order valence-corrected chi connectivity index (χ3v) is 7.27. The molecule has 0 aliphatic carbocycles. The molecule has 8 nitrogen and oxygen atoms in total. The lowest BCUT2D eigenvalue weighted by molar-refractivity contribution is -0.134. The topological polar surface area (TPSA) is 93.2 Å². The summed E-state index contributed by atoms with van der Waals surface area (Å²) in [5.41, 5.74) is 0.845. The fraction of sp³-hybridized carbons (Fsp3) is 0.364. The van der Waals surface area contributed by atoms with Crippen molar-refractivity contribution in [3.8, 4) is 0 Å². The van der Waals surface area contributed by atoms with Crippen LogP contribution in [0.4, 0.5) is 0 Å². The average Bonchev–Trinajstić information content (AvgIpc) is 2.82. The Bertz CT molecular complexity index is 1060. The number of likely N-dealkylation sites (N-methyl/N-ethyl adjacent to an activating group) is 1. The molecule has 2 aromatic carbocycles. The maximum atomic E-state index is 12.9. The maximum Gasteiger partial charge on any atom is 0.340 e. The zero-order valence-electron chi connectivity index (χ0n) is 17.7. The molecule has 0 bridgehead atoms. The van der Waals surface area contributed by atoms with Gasteiger partial charge in [0.25, 0.3) is 5.91 Å². The monoisotopic (exact) mass is 480 g/mol. The molecule has 172 valence electrons. The fourth-order valence-corrected chi connectivity index (χ4v) is 4.86. The summed E-state index contributed by atoms with van der Waals surface area (Å²) in [5, 5.41) is 0.0417. The third kappa shape index (κ3) is 5.86. The predicted octanol–water partition coefficient (Wildman–Crippen LogP) is 2.57. The molecule has 1 aliphatic heterocycles. The molecule has 0 N–H and O–H groups in total. The van der Waals surface area contributed by atoms with Crippen LogP contribution in [0, 0.1) is 0 Å². The minimum absolute atomic E-state index is 0.0417. The molecule has 1 saturated heterocycles. The standard InChI is InChI=1S/C22H25ClN2O6S/c1-2-24(15-17-6-4-3-5-7-17)21(26)16-31-22(27)19-14-18(8-9-20(19)23)32(28,29)25-10-12-30-13-11-25/h3-9,14H,2,10-13,15-16H2,1H3. The summed E-state index contributed by atoms with van der Waals surface area (Å²) in [4.78, 5) is 26.6. The van der Waals surface area contributed by atoms with Crippen LogP contribution < -0.4 is 0 Å². The number of halogens is 1. The highest BCUT2D eigenvalue weighted by atomic mass is 35.5. The molecule has 1 fully saturated rings. The van der Waals surface area contributed by atoms with Crippen LogP contribution in [0.2, 0.25) is 5.02 Å². The first-order valence-electron chi connectivity index (χ1n) is 10.2. The van der Waals surface area contributed by atoms with Crippen molar-refractivity contribution in [1.29, 1.82) is 0 Å². The average molecular weight is 481 g/mol. The first-order valence-corrected chi connectivity index (χ1v) is 12.0. The van der Waals surface area contributed by atoms with Crippen molar-refractivity contribution in [3.05, 3.63) is 64.7 Å². The van der Waals surface area contributed by atoms with Gasteiger partial charge in [-0.05, 0) is 30.7 Å². The number of sulfonamides is 1. The minimum atomic E-state index is -3.81. The number of carbonyl (C=O) groups excluding carboxylic acids is 2. The number of hydrogen-bond donors (Lipinski definition) is 0. The summed E-state index contributed by atoms with van der Waals surface area (Å²) in [6.07, 6.45) is 0. The molecule has 1 amide bonds. The summed E-state index contributed by atoms with van der Waals surface area (Å²) in [5.74, 6) is -1.23. The van der Waals surface area contributed by atoms with E-state index in [9.17, 15) is 18.0 Å². The van der Waals surface area contributed by atoms with E-state index >= 15 is 0 Å². The van der Waals surface area contributed by atoms with Gasteiger partial charge in [-0.15, -0.1) is 0 Å². The molecule has 1 aliphatic rings. The summed E-state index contributed by atoms with van der Waals surface area (Å²) >= 11 is 6.11. The van der Waals surface area contributed by atoms with Gasteiger partial charge >= 0.3 is 5.97 Å². The summed E-state index contributed by atoms with van der Waals surface area (Å²) in [6, 6.07) is 13.3. The van der Waals surface area contributed by atoms with Gasteiger partial charge in [0.2, 0.25) is 10.0 Å². The second-order valence-corrected chi connectivity index (χ2v) is 9.47. The normalized spacial score (nSPS) is 14.7. The summed E-state index contributed by atoms with van der Waals surface area (Å²) in [6.45, 7) is 3.26. The van der Waals surface area contributed by atoms with Gasteiger partial charge in [-0.2, -0.15) is 4.31 Å². The third-order valence-electron chi connectivity index (χ3n) is 5.04. The van der Waals surface area contributed by atoms with E-state index in [0.717, 1.165) is 5.56 Å². The van der Waals surface area contributed by atoms with Crippen LogP contribution in [0.15, 0.2) is 53.4 Å². The number of esters is 1. The molecule has 0 spiro atoms. The smallest absolute Gasteiger partial charge is 0.340 e. The van der Waals surface area contributed by atoms with Gasteiger partial charge < -0.3 is 14.4 Å². The molecule has 0 saturated carbocycles. The van der Waals surface area contributed by atoms with Crippen LogP contribution in [-0.2, 0) is 30.8 Å². The summed E-state index contributed by atoms with van der Waals surface area (Å²) < 4.78 is 37.4. The van der Waals surface area contributed by atoms with Crippen molar-refractivity contribution in [2.45, 2.75) is 18.4 Å². The van der Waals surface area contributed by atoms with Crippen molar-refractivity contribution < 1.29 is 27.5 Å². The summed E-state index contributed by atoms with van der Waals surface area (Å²) in [7, 11) is -3.81. The van der Waals surface area contributed by atoms with Gasteiger partial charge in [0.05, 0.1) is 28.7 Å². The first-order chi connectivity index (χ1) is 15.3. The zero-order valence-corrected chi connectivity index (χ0v) is 19.3. The number of rotatable bonds is 8. The molecule has 3 rings (SSSR count). The number of nitrogens with zero attached hydrogens (tertiary/aromatic N) is 2. The van der Waals surface area contributed by atoms with Gasteiger partial charge in [-0.1, -0.05) is 41.9 Å². The zero-order chi connectivity index (χ0) is 23.1. The lowest BCUT2D eigenvalue weighted by Crippen LogP contribution is -2.40. The molecule has 32 heavy (non-hydrogen) atoms. The Morgan fingerprint density at radius 3 is 2.47 bits per heavy atom. The Balaban J connectivity index is 1.68. The highest BCUT2D eigenvalue weighted by molar-refractivity contribution is 7.89. The van der Waals surface area contributed by atoms with Gasteiger partial charge in [0.1, 0.15) is 0 Å². The Morgan fingerprint density at radius 1 is 1.12 bits per heavy atom. The van der Waals surface area contributed by atoms with E-state index in [1.807, 2.05) is 37.3 Å². The van der Waals surface area contributed by atoms with Gasteiger partial charge in [0.15, 0.2) is 6.61 Å². The van der Waals surface area contributed by atoms with Crippen molar-refractivity contribution in [3.63, 3.8) is 0 Å². The molecular formula is C22H25ClN2O6S. The van der Waals surface area contributed by atoms with E-state index in [-0.39, 0.29) is 34.5 Å². The highest BCUT2D eigenvalue weighted by Gasteiger charge is 2.28. The van der Waals surface area contributed by atoms with Crippen LogP contribution >= 0.6 is 11.6 Å². The Kier molecular flexibility index (Phi) is 8.25. The van der Waals surface area contributed by atoms with E-state index in [0.29, 0.717) is 26.3 Å². The first kappa shape index (κ1) is 24.2. The molecular weight excluding hydrogens is 456 g/mol. The Labute approximate surface area is 192 Å². The van der Waals surface area contributed by atoms with Crippen LogP contribution in [0.3, 0.4) is 0 Å². The van der Waals surface area contributed by atoms with Crippen molar-refractivity contribution in [1.82, 2.24) is 9.21 Å². The second-order valence-electron chi connectivity index (χ2n) is 7.13. The predicted molar refractivity (Wildman–Crippen MR) is 119 cm³/mol. The largest absolute Gasteiger partial charge is 0.452 e. The van der Waals surface area contributed by atoms with Crippen LogP contribution in [0.25, 0.3) is 0 Å². The Hall–Kier alpha value is -2.46. The molecule has 1 heterocycles. The number of benzene rings is 2. The maximum absolute atomic E-state index is 12.9. The minimum Gasteiger partial charge on any atom is -0.452 e. The molecule has 0 radical (unpaired) electrons. The lowest BCUT2D eigenvalue weighted by atomic mass is 10.2. The van der Waals surface area contributed by atoms with E-state index in [2.05, 4.69) is 0 Å². The molecule has 0 aromatic heterocycles. The van der Waals surface area contributed by atoms with Crippen LogP contribution in [-0.4, -0.2) is 69.0 Å².